The molecule has 0 aliphatic heterocycles. The van der Waals surface area contributed by atoms with Crippen molar-refractivity contribution in [3.63, 3.8) is 0 Å². The summed E-state index contributed by atoms with van der Waals surface area (Å²) < 4.78 is 0. The van der Waals surface area contributed by atoms with Crippen molar-refractivity contribution in [3.05, 3.63) is 40.9 Å². The molecule has 0 fully saturated rings. The molecular formula is C13H16ClNO. The largest absolute Gasteiger partial charge is 0.340 e. The summed E-state index contributed by atoms with van der Waals surface area (Å²) in [6.07, 6.45) is 3.32. The molecular weight excluding hydrogens is 222 g/mol. The van der Waals surface area contributed by atoms with Crippen LogP contribution in [0.4, 0.5) is 0 Å². The zero-order chi connectivity index (χ0) is 12.0. The van der Waals surface area contributed by atoms with Gasteiger partial charge in [0.1, 0.15) is 0 Å². The molecule has 0 heterocycles. The van der Waals surface area contributed by atoms with Crippen molar-refractivity contribution in [1.29, 1.82) is 0 Å². The zero-order valence-corrected chi connectivity index (χ0v) is 10.4. The summed E-state index contributed by atoms with van der Waals surface area (Å²) in [5.74, 6) is 0.0184. The quantitative estimate of drug-likeness (QED) is 0.737. The van der Waals surface area contributed by atoms with Gasteiger partial charge in [-0.1, -0.05) is 29.8 Å². The SMILES string of the molecule is CCN(CC)C(=O)/C=C/c1ccccc1Cl. The molecule has 0 aliphatic rings. The third kappa shape index (κ3) is 3.38. The van der Waals surface area contributed by atoms with Gasteiger partial charge in [-0.2, -0.15) is 0 Å². The van der Waals surface area contributed by atoms with Gasteiger partial charge in [-0.05, 0) is 31.6 Å². The minimum absolute atomic E-state index is 0.0184. The minimum Gasteiger partial charge on any atom is -0.340 e. The van der Waals surface area contributed by atoms with Crippen LogP contribution in [-0.2, 0) is 4.79 Å². The lowest BCUT2D eigenvalue weighted by atomic mass is 10.2. The van der Waals surface area contributed by atoms with E-state index in [1.807, 2.05) is 38.1 Å². The minimum atomic E-state index is 0.0184. The molecule has 0 aliphatic carbocycles. The number of likely N-dealkylation sites (N-methyl/N-ethyl adjacent to an activating group) is 1. The van der Waals surface area contributed by atoms with Crippen LogP contribution in [0, 0.1) is 0 Å². The van der Waals surface area contributed by atoms with Gasteiger partial charge in [-0.25, -0.2) is 0 Å². The Hall–Kier alpha value is -1.28. The summed E-state index contributed by atoms with van der Waals surface area (Å²) in [5, 5.41) is 0.658. The summed E-state index contributed by atoms with van der Waals surface area (Å²) in [7, 11) is 0. The van der Waals surface area contributed by atoms with E-state index < -0.39 is 0 Å². The molecule has 1 rings (SSSR count). The van der Waals surface area contributed by atoms with Crippen LogP contribution in [0.15, 0.2) is 30.3 Å². The first kappa shape index (κ1) is 12.8. The summed E-state index contributed by atoms with van der Waals surface area (Å²) in [5.41, 5.74) is 0.865. The number of nitrogens with zero attached hydrogens (tertiary/aromatic N) is 1. The number of benzene rings is 1. The Morgan fingerprint density at radius 2 is 1.94 bits per heavy atom. The van der Waals surface area contributed by atoms with E-state index in [2.05, 4.69) is 0 Å². The van der Waals surface area contributed by atoms with Crippen LogP contribution in [0.3, 0.4) is 0 Å². The Morgan fingerprint density at radius 3 is 2.50 bits per heavy atom. The highest BCUT2D eigenvalue weighted by molar-refractivity contribution is 6.32. The van der Waals surface area contributed by atoms with E-state index in [0.29, 0.717) is 5.02 Å². The normalized spacial score (nSPS) is 10.7. The number of hydrogen-bond acceptors (Lipinski definition) is 1. The van der Waals surface area contributed by atoms with Crippen molar-refractivity contribution in [2.75, 3.05) is 13.1 Å². The number of amides is 1. The number of rotatable bonds is 4. The van der Waals surface area contributed by atoms with Crippen LogP contribution < -0.4 is 0 Å². The highest BCUT2D eigenvalue weighted by Crippen LogP contribution is 2.16. The Balaban J connectivity index is 2.74. The van der Waals surface area contributed by atoms with Gasteiger partial charge in [0, 0.05) is 24.2 Å². The number of halogens is 1. The molecule has 16 heavy (non-hydrogen) atoms. The van der Waals surface area contributed by atoms with Crippen molar-refractivity contribution in [3.8, 4) is 0 Å². The lowest BCUT2D eigenvalue weighted by Gasteiger charge is -2.15. The van der Waals surface area contributed by atoms with Crippen LogP contribution in [0.1, 0.15) is 19.4 Å². The van der Waals surface area contributed by atoms with Crippen LogP contribution in [0.5, 0.6) is 0 Å². The predicted molar refractivity (Wildman–Crippen MR) is 68.4 cm³/mol. The monoisotopic (exact) mass is 237 g/mol. The van der Waals surface area contributed by atoms with Gasteiger partial charge in [0.15, 0.2) is 0 Å². The second kappa shape index (κ2) is 6.33. The predicted octanol–water partition coefficient (Wildman–Crippen LogP) is 3.22. The van der Waals surface area contributed by atoms with Crippen molar-refractivity contribution in [1.82, 2.24) is 4.90 Å². The molecule has 0 unspecified atom stereocenters. The zero-order valence-electron chi connectivity index (χ0n) is 9.61. The van der Waals surface area contributed by atoms with E-state index in [1.54, 1.807) is 17.1 Å². The lowest BCUT2D eigenvalue weighted by Crippen LogP contribution is -2.28. The van der Waals surface area contributed by atoms with Gasteiger partial charge < -0.3 is 4.90 Å². The van der Waals surface area contributed by atoms with E-state index in [-0.39, 0.29) is 5.91 Å². The van der Waals surface area contributed by atoms with Crippen molar-refractivity contribution in [2.24, 2.45) is 0 Å². The third-order valence-electron chi connectivity index (χ3n) is 2.39. The molecule has 1 aromatic carbocycles. The molecule has 0 saturated heterocycles. The summed E-state index contributed by atoms with van der Waals surface area (Å²) in [6, 6.07) is 7.46. The van der Waals surface area contributed by atoms with Crippen LogP contribution in [-0.4, -0.2) is 23.9 Å². The number of carbonyl (C=O) groups excluding carboxylic acids is 1. The van der Waals surface area contributed by atoms with Crippen LogP contribution in [0.2, 0.25) is 5.02 Å². The molecule has 0 N–H and O–H groups in total. The molecule has 0 saturated carbocycles. The van der Waals surface area contributed by atoms with Crippen molar-refractivity contribution < 1.29 is 4.79 Å². The van der Waals surface area contributed by atoms with Crippen molar-refractivity contribution >= 4 is 23.6 Å². The second-order valence-electron chi connectivity index (χ2n) is 3.37. The fourth-order valence-corrected chi connectivity index (χ4v) is 1.61. The van der Waals surface area contributed by atoms with Gasteiger partial charge >= 0.3 is 0 Å². The molecule has 1 amide bonds. The van der Waals surface area contributed by atoms with Crippen molar-refractivity contribution in [2.45, 2.75) is 13.8 Å². The van der Waals surface area contributed by atoms with E-state index in [0.717, 1.165) is 18.7 Å². The average Bonchev–Trinajstić information content (AvgIpc) is 2.29. The molecule has 0 atom stereocenters. The molecule has 86 valence electrons. The molecule has 0 radical (unpaired) electrons. The van der Waals surface area contributed by atoms with Crippen LogP contribution in [0.25, 0.3) is 6.08 Å². The van der Waals surface area contributed by atoms with Crippen LogP contribution >= 0.6 is 11.6 Å². The first-order chi connectivity index (χ1) is 7.69. The lowest BCUT2D eigenvalue weighted by molar-refractivity contribution is -0.125. The average molecular weight is 238 g/mol. The van der Waals surface area contributed by atoms with E-state index >= 15 is 0 Å². The number of carbonyl (C=O) groups is 1. The standard InChI is InChI=1S/C13H16ClNO/c1-3-15(4-2)13(16)10-9-11-7-5-6-8-12(11)14/h5-10H,3-4H2,1-2H3/b10-9+. The van der Waals surface area contributed by atoms with Gasteiger partial charge in [0.25, 0.3) is 0 Å². The molecule has 2 nitrogen and oxygen atoms in total. The fraction of sp³-hybridized carbons (Fsp3) is 0.308. The smallest absolute Gasteiger partial charge is 0.246 e. The Morgan fingerprint density at radius 1 is 1.31 bits per heavy atom. The molecule has 0 aromatic heterocycles. The van der Waals surface area contributed by atoms with E-state index in [1.165, 1.54) is 0 Å². The molecule has 3 heteroatoms. The van der Waals surface area contributed by atoms with E-state index in [9.17, 15) is 4.79 Å². The Labute approximate surface area is 102 Å². The highest BCUT2D eigenvalue weighted by Gasteiger charge is 2.04. The molecule has 0 bridgehead atoms. The highest BCUT2D eigenvalue weighted by atomic mass is 35.5. The first-order valence-corrected chi connectivity index (χ1v) is 5.78. The maximum absolute atomic E-state index is 11.7. The maximum atomic E-state index is 11.7. The Kier molecular flexibility index (Phi) is 5.06. The summed E-state index contributed by atoms with van der Waals surface area (Å²) >= 11 is 5.98. The van der Waals surface area contributed by atoms with Gasteiger partial charge in [-0.3, -0.25) is 4.79 Å². The maximum Gasteiger partial charge on any atom is 0.246 e. The second-order valence-corrected chi connectivity index (χ2v) is 3.77. The fourth-order valence-electron chi connectivity index (χ4n) is 1.41. The first-order valence-electron chi connectivity index (χ1n) is 5.40. The van der Waals surface area contributed by atoms with Gasteiger partial charge in [-0.15, -0.1) is 0 Å². The summed E-state index contributed by atoms with van der Waals surface area (Å²) in [4.78, 5) is 13.4. The third-order valence-corrected chi connectivity index (χ3v) is 2.73. The summed E-state index contributed by atoms with van der Waals surface area (Å²) in [6.45, 7) is 5.37. The molecule has 0 spiro atoms. The number of hydrogen-bond donors (Lipinski definition) is 0. The molecule has 1 aromatic rings. The topological polar surface area (TPSA) is 20.3 Å². The Bertz CT molecular complexity index is 383. The van der Waals surface area contributed by atoms with Gasteiger partial charge in [0.05, 0.1) is 0 Å². The van der Waals surface area contributed by atoms with E-state index in [4.69, 9.17) is 11.6 Å². The van der Waals surface area contributed by atoms with Gasteiger partial charge in [0.2, 0.25) is 5.91 Å².